The zero-order valence-electron chi connectivity index (χ0n) is 9.45. The molecule has 0 unspecified atom stereocenters. The summed E-state index contributed by atoms with van der Waals surface area (Å²) in [5, 5.41) is 3.74. The van der Waals surface area contributed by atoms with E-state index in [1.54, 1.807) is 6.20 Å². The maximum absolute atomic E-state index is 11.9. The van der Waals surface area contributed by atoms with Crippen molar-refractivity contribution >= 4 is 16.8 Å². The Hall–Kier alpha value is -1.90. The molecule has 0 spiro atoms. The van der Waals surface area contributed by atoms with Crippen LogP contribution >= 0.6 is 0 Å². The summed E-state index contributed by atoms with van der Waals surface area (Å²) in [5.74, 6) is -0.0291. The number of amides is 1. The quantitative estimate of drug-likeness (QED) is 0.833. The second-order valence-electron chi connectivity index (χ2n) is 3.69. The third-order valence-electron chi connectivity index (χ3n) is 2.53. The van der Waals surface area contributed by atoms with Gasteiger partial charge in [-0.2, -0.15) is 0 Å². The molecule has 1 N–H and O–H groups in total. The molecule has 1 aromatic carbocycles. The summed E-state index contributed by atoms with van der Waals surface area (Å²) in [7, 11) is 0. The number of aryl methyl sites for hydroxylation is 1. The third-order valence-corrected chi connectivity index (χ3v) is 2.53. The van der Waals surface area contributed by atoms with Crippen LogP contribution in [0.2, 0.25) is 0 Å². The molecule has 0 aliphatic rings. The lowest BCUT2D eigenvalue weighted by Crippen LogP contribution is -2.23. The van der Waals surface area contributed by atoms with Gasteiger partial charge in [0, 0.05) is 18.1 Å². The Morgan fingerprint density at radius 2 is 2.12 bits per heavy atom. The van der Waals surface area contributed by atoms with Crippen molar-refractivity contribution in [1.29, 1.82) is 0 Å². The minimum atomic E-state index is -0.0291. The van der Waals surface area contributed by atoms with E-state index in [0.717, 1.165) is 22.0 Å². The fraction of sp³-hybridized carbons (Fsp3) is 0.231. The second kappa shape index (κ2) is 4.31. The number of carbonyl (C=O) groups excluding carboxylic acids is 1. The van der Waals surface area contributed by atoms with Crippen molar-refractivity contribution in [3.05, 3.63) is 41.6 Å². The van der Waals surface area contributed by atoms with Crippen molar-refractivity contribution in [3.63, 3.8) is 0 Å². The van der Waals surface area contributed by atoms with Crippen LogP contribution in [-0.2, 0) is 0 Å². The van der Waals surface area contributed by atoms with Crippen molar-refractivity contribution in [3.8, 4) is 0 Å². The Morgan fingerprint density at radius 3 is 2.88 bits per heavy atom. The van der Waals surface area contributed by atoms with Gasteiger partial charge in [-0.05, 0) is 25.5 Å². The van der Waals surface area contributed by atoms with Crippen LogP contribution in [0.3, 0.4) is 0 Å². The van der Waals surface area contributed by atoms with Crippen LogP contribution in [0.1, 0.15) is 22.8 Å². The van der Waals surface area contributed by atoms with E-state index in [9.17, 15) is 4.79 Å². The smallest absolute Gasteiger partial charge is 0.252 e. The highest BCUT2D eigenvalue weighted by molar-refractivity contribution is 6.07. The molecule has 3 nitrogen and oxygen atoms in total. The molecular formula is C13H14N2O. The van der Waals surface area contributed by atoms with Crippen LogP contribution in [0.4, 0.5) is 0 Å². The minimum Gasteiger partial charge on any atom is -0.352 e. The molecule has 0 aliphatic heterocycles. The number of carbonyl (C=O) groups is 1. The molecule has 1 aromatic heterocycles. The average molecular weight is 214 g/mol. The summed E-state index contributed by atoms with van der Waals surface area (Å²) >= 11 is 0. The predicted octanol–water partition coefficient (Wildman–Crippen LogP) is 2.29. The highest BCUT2D eigenvalue weighted by atomic mass is 16.1. The van der Waals surface area contributed by atoms with Crippen LogP contribution in [0.5, 0.6) is 0 Å². The van der Waals surface area contributed by atoms with Gasteiger partial charge in [-0.25, -0.2) is 0 Å². The first-order valence-corrected chi connectivity index (χ1v) is 5.36. The molecule has 0 radical (unpaired) electrons. The van der Waals surface area contributed by atoms with E-state index in [1.165, 1.54) is 0 Å². The van der Waals surface area contributed by atoms with Crippen molar-refractivity contribution in [1.82, 2.24) is 10.3 Å². The molecular weight excluding hydrogens is 200 g/mol. The molecule has 0 atom stereocenters. The predicted molar refractivity (Wildman–Crippen MR) is 64.5 cm³/mol. The summed E-state index contributed by atoms with van der Waals surface area (Å²) < 4.78 is 0. The summed E-state index contributed by atoms with van der Waals surface area (Å²) in [6.07, 6.45) is 1.74. The van der Waals surface area contributed by atoms with Crippen molar-refractivity contribution in [2.24, 2.45) is 0 Å². The number of hydrogen-bond acceptors (Lipinski definition) is 2. The van der Waals surface area contributed by atoms with Crippen molar-refractivity contribution in [2.75, 3.05) is 6.54 Å². The Morgan fingerprint density at radius 1 is 1.38 bits per heavy atom. The van der Waals surface area contributed by atoms with Gasteiger partial charge in [0.05, 0.1) is 11.1 Å². The van der Waals surface area contributed by atoms with Crippen molar-refractivity contribution in [2.45, 2.75) is 13.8 Å². The van der Waals surface area contributed by atoms with Gasteiger partial charge < -0.3 is 5.32 Å². The van der Waals surface area contributed by atoms with Gasteiger partial charge in [0.25, 0.3) is 5.91 Å². The fourth-order valence-electron chi connectivity index (χ4n) is 1.79. The van der Waals surface area contributed by atoms with Gasteiger partial charge in [-0.3, -0.25) is 9.78 Å². The van der Waals surface area contributed by atoms with Gasteiger partial charge in [0.15, 0.2) is 0 Å². The molecule has 1 heterocycles. The topological polar surface area (TPSA) is 42.0 Å². The molecule has 0 aliphatic carbocycles. The van der Waals surface area contributed by atoms with Crippen molar-refractivity contribution < 1.29 is 4.79 Å². The molecule has 1 amide bonds. The Bertz CT molecular complexity index is 534. The van der Waals surface area contributed by atoms with Gasteiger partial charge in [0.2, 0.25) is 0 Å². The first kappa shape index (κ1) is 10.6. The highest BCUT2D eigenvalue weighted by Crippen LogP contribution is 2.19. The summed E-state index contributed by atoms with van der Waals surface area (Å²) in [5.41, 5.74) is 2.49. The molecule has 16 heavy (non-hydrogen) atoms. The lowest BCUT2D eigenvalue weighted by atomic mass is 10.0. The summed E-state index contributed by atoms with van der Waals surface area (Å²) in [4.78, 5) is 16.2. The zero-order chi connectivity index (χ0) is 11.5. The zero-order valence-corrected chi connectivity index (χ0v) is 9.45. The first-order valence-electron chi connectivity index (χ1n) is 5.36. The number of hydrogen-bond donors (Lipinski definition) is 1. The van der Waals surface area contributed by atoms with Crippen LogP contribution < -0.4 is 5.32 Å². The van der Waals surface area contributed by atoms with E-state index in [2.05, 4.69) is 10.3 Å². The standard InChI is InChI=1S/C13H14N2O/c1-3-14-13(16)12-9(2)8-15-11-7-5-4-6-10(11)12/h4-8H,3H2,1-2H3,(H,14,16). The Kier molecular flexibility index (Phi) is 2.86. The minimum absolute atomic E-state index is 0.0291. The van der Waals surface area contributed by atoms with E-state index in [0.29, 0.717) is 6.54 Å². The number of aromatic nitrogens is 1. The van der Waals surface area contributed by atoms with Crippen LogP contribution in [-0.4, -0.2) is 17.4 Å². The Labute approximate surface area is 94.5 Å². The number of nitrogens with zero attached hydrogens (tertiary/aromatic N) is 1. The SMILES string of the molecule is CCNC(=O)c1c(C)cnc2ccccc12. The number of pyridine rings is 1. The molecule has 0 bridgehead atoms. The molecule has 0 saturated carbocycles. The summed E-state index contributed by atoms with van der Waals surface area (Å²) in [6, 6.07) is 7.69. The number of rotatable bonds is 2. The monoisotopic (exact) mass is 214 g/mol. The van der Waals surface area contributed by atoms with Gasteiger partial charge in [-0.15, -0.1) is 0 Å². The average Bonchev–Trinajstić information content (AvgIpc) is 2.29. The van der Waals surface area contributed by atoms with Gasteiger partial charge in [-0.1, -0.05) is 18.2 Å². The first-order chi connectivity index (χ1) is 7.74. The van der Waals surface area contributed by atoms with E-state index in [-0.39, 0.29) is 5.91 Å². The molecule has 2 rings (SSSR count). The van der Waals surface area contributed by atoms with Gasteiger partial charge in [0.1, 0.15) is 0 Å². The number of benzene rings is 1. The van der Waals surface area contributed by atoms with E-state index in [4.69, 9.17) is 0 Å². The van der Waals surface area contributed by atoms with E-state index in [1.807, 2.05) is 38.1 Å². The molecule has 0 saturated heterocycles. The number of para-hydroxylation sites is 1. The van der Waals surface area contributed by atoms with E-state index >= 15 is 0 Å². The maximum Gasteiger partial charge on any atom is 0.252 e. The van der Waals surface area contributed by atoms with E-state index < -0.39 is 0 Å². The maximum atomic E-state index is 11.9. The number of nitrogens with one attached hydrogen (secondary N) is 1. The normalized spacial score (nSPS) is 10.4. The molecule has 0 fully saturated rings. The molecule has 2 aromatic rings. The fourth-order valence-corrected chi connectivity index (χ4v) is 1.79. The third kappa shape index (κ3) is 1.76. The largest absolute Gasteiger partial charge is 0.352 e. The molecule has 82 valence electrons. The Balaban J connectivity index is 2.66. The van der Waals surface area contributed by atoms with Gasteiger partial charge >= 0.3 is 0 Å². The van der Waals surface area contributed by atoms with Crippen LogP contribution in [0, 0.1) is 6.92 Å². The number of fused-ring (bicyclic) bond motifs is 1. The lowest BCUT2D eigenvalue weighted by molar-refractivity contribution is 0.0957. The van der Waals surface area contributed by atoms with Crippen LogP contribution in [0.15, 0.2) is 30.5 Å². The lowest BCUT2D eigenvalue weighted by Gasteiger charge is -2.08. The summed E-state index contributed by atoms with van der Waals surface area (Å²) in [6.45, 7) is 4.45. The second-order valence-corrected chi connectivity index (χ2v) is 3.69. The molecule has 3 heteroatoms. The van der Waals surface area contributed by atoms with Crippen LogP contribution in [0.25, 0.3) is 10.9 Å². The highest BCUT2D eigenvalue weighted by Gasteiger charge is 2.12.